The van der Waals surface area contributed by atoms with Gasteiger partial charge in [0.2, 0.25) is 0 Å². The van der Waals surface area contributed by atoms with Gasteiger partial charge < -0.3 is 10.4 Å². The Morgan fingerprint density at radius 3 is 2.57 bits per heavy atom. The van der Waals surface area contributed by atoms with Gasteiger partial charge in [-0.25, -0.2) is 0 Å². The van der Waals surface area contributed by atoms with Crippen LogP contribution >= 0.6 is 11.6 Å². The summed E-state index contributed by atoms with van der Waals surface area (Å²) < 4.78 is 0. The average Bonchev–Trinajstić information content (AvgIpc) is 2.40. The number of benzene rings is 2. The van der Waals surface area contributed by atoms with Crippen LogP contribution in [0.3, 0.4) is 0 Å². The molecule has 2 aromatic rings. The number of aryl methyl sites for hydroxylation is 1. The number of carbonyl (C=O) groups excluding carboxylic acids is 1. The maximum atomic E-state index is 12.1. The Kier molecular flexibility index (Phi) is 4.09. The number of rotatable bonds is 3. The molecule has 0 aromatic heterocycles. The molecule has 0 aliphatic carbocycles. The standard InChI is InChI=1S/C14H11ClN2O4/c1-8-6-9(15)2-4-11(8)14(19)16-12-5-3-10(17(20)21)7-13(12)18/h2-7,18H,1H3,(H,16,19). The molecule has 21 heavy (non-hydrogen) atoms. The zero-order valence-corrected chi connectivity index (χ0v) is 11.7. The van der Waals surface area contributed by atoms with Crippen LogP contribution in [0.2, 0.25) is 5.02 Å². The molecule has 108 valence electrons. The number of halogens is 1. The number of non-ortho nitro benzene ring substituents is 1. The number of nitrogens with zero attached hydrogens (tertiary/aromatic N) is 1. The normalized spacial score (nSPS) is 10.2. The number of phenols is 1. The minimum absolute atomic E-state index is 0.0972. The minimum Gasteiger partial charge on any atom is -0.506 e. The Morgan fingerprint density at radius 2 is 2.00 bits per heavy atom. The topological polar surface area (TPSA) is 92.5 Å². The lowest BCUT2D eigenvalue weighted by Gasteiger charge is -2.09. The molecule has 0 aliphatic rings. The van der Waals surface area contributed by atoms with E-state index in [4.69, 9.17) is 11.6 Å². The predicted molar refractivity (Wildman–Crippen MR) is 78.9 cm³/mol. The molecule has 2 rings (SSSR count). The predicted octanol–water partition coefficient (Wildman–Crippen LogP) is 3.51. The van der Waals surface area contributed by atoms with Gasteiger partial charge in [0.15, 0.2) is 0 Å². The first kappa shape index (κ1) is 14.8. The summed E-state index contributed by atoms with van der Waals surface area (Å²) in [7, 11) is 0. The molecule has 7 heteroatoms. The molecule has 0 unspecified atom stereocenters. The fourth-order valence-corrected chi connectivity index (χ4v) is 2.04. The van der Waals surface area contributed by atoms with Crippen LogP contribution in [-0.2, 0) is 0 Å². The van der Waals surface area contributed by atoms with Crippen LogP contribution in [0.15, 0.2) is 36.4 Å². The SMILES string of the molecule is Cc1cc(Cl)ccc1C(=O)Nc1ccc([N+](=O)[O-])cc1O. The van der Waals surface area contributed by atoms with E-state index in [0.717, 1.165) is 6.07 Å². The van der Waals surface area contributed by atoms with E-state index in [1.165, 1.54) is 12.1 Å². The monoisotopic (exact) mass is 306 g/mol. The fraction of sp³-hybridized carbons (Fsp3) is 0.0714. The third-order valence-electron chi connectivity index (χ3n) is 2.87. The highest BCUT2D eigenvalue weighted by Gasteiger charge is 2.14. The smallest absolute Gasteiger partial charge is 0.273 e. The van der Waals surface area contributed by atoms with E-state index in [9.17, 15) is 20.0 Å². The van der Waals surface area contributed by atoms with Gasteiger partial charge in [0, 0.05) is 16.7 Å². The van der Waals surface area contributed by atoms with Crippen LogP contribution in [0.5, 0.6) is 5.75 Å². The number of nitro benzene ring substituents is 1. The number of aromatic hydroxyl groups is 1. The van der Waals surface area contributed by atoms with E-state index < -0.39 is 10.8 Å². The second-order valence-electron chi connectivity index (χ2n) is 4.37. The molecular formula is C14H11ClN2O4. The van der Waals surface area contributed by atoms with Gasteiger partial charge in [-0.3, -0.25) is 14.9 Å². The first-order valence-corrected chi connectivity index (χ1v) is 6.31. The summed E-state index contributed by atoms with van der Waals surface area (Å²) in [4.78, 5) is 22.1. The summed E-state index contributed by atoms with van der Waals surface area (Å²) in [6.07, 6.45) is 0. The highest BCUT2D eigenvalue weighted by Crippen LogP contribution is 2.28. The highest BCUT2D eigenvalue weighted by molar-refractivity contribution is 6.30. The second-order valence-corrected chi connectivity index (χ2v) is 4.81. The molecular weight excluding hydrogens is 296 g/mol. The Hall–Kier alpha value is -2.60. The molecule has 0 heterocycles. The average molecular weight is 307 g/mol. The van der Waals surface area contributed by atoms with Crippen molar-refractivity contribution < 1.29 is 14.8 Å². The first-order chi connectivity index (χ1) is 9.88. The molecule has 0 saturated heterocycles. The van der Waals surface area contributed by atoms with Crippen LogP contribution in [0.4, 0.5) is 11.4 Å². The summed E-state index contributed by atoms with van der Waals surface area (Å²) in [5.41, 5.74) is 0.923. The van der Waals surface area contributed by atoms with Crippen molar-refractivity contribution in [1.29, 1.82) is 0 Å². The largest absolute Gasteiger partial charge is 0.506 e. The quantitative estimate of drug-likeness (QED) is 0.515. The van der Waals surface area contributed by atoms with Crippen LogP contribution < -0.4 is 5.32 Å². The van der Waals surface area contributed by atoms with Crippen molar-refractivity contribution in [2.75, 3.05) is 5.32 Å². The molecule has 2 aromatic carbocycles. The van der Waals surface area contributed by atoms with Gasteiger partial charge in [-0.15, -0.1) is 0 Å². The van der Waals surface area contributed by atoms with Crippen LogP contribution in [0, 0.1) is 17.0 Å². The van der Waals surface area contributed by atoms with E-state index in [-0.39, 0.29) is 17.1 Å². The van der Waals surface area contributed by atoms with E-state index >= 15 is 0 Å². The molecule has 1 amide bonds. The molecule has 2 N–H and O–H groups in total. The summed E-state index contributed by atoms with van der Waals surface area (Å²) in [6.45, 7) is 1.73. The third-order valence-corrected chi connectivity index (χ3v) is 3.11. The van der Waals surface area contributed by atoms with E-state index in [1.54, 1.807) is 25.1 Å². The maximum Gasteiger partial charge on any atom is 0.273 e. The number of phenolic OH excluding ortho intramolecular Hbond substituents is 1. The summed E-state index contributed by atoms with van der Waals surface area (Å²) in [6, 6.07) is 8.24. The minimum atomic E-state index is -0.630. The first-order valence-electron chi connectivity index (χ1n) is 5.93. The molecule has 0 fully saturated rings. The lowest BCUT2D eigenvalue weighted by Crippen LogP contribution is -2.13. The van der Waals surface area contributed by atoms with Crippen molar-refractivity contribution in [2.24, 2.45) is 0 Å². The number of hydrogen-bond donors (Lipinski definition) is 2. The number of nitrogens with one attached hydrogen (secondary N) is 1. The highest BCUT2D eigenvalue weighted by atomic mass is 35.5. The van der Waals surface area contributed by atoms with Crippen LogP contribution in [0.1, 0.15) is 15.9 Å². The zero-order chi connectivity index (χ0) is 15.6. The number of carbonyl (C=O) groups is 1. The van der Waals surface area contributed by atoms with Gasteiger partial charge in [0.05, 0.1) is 16.7 Å². The van der Waals surface area contributed by atoms with Gasteiger partial charge in [0.1, 0.15) is 5.75 Å². The van der Waals surface area contributed by atoms with Crippen molar-refractivity contribution in [3.05, 3.63) is 62.7 Å². The van der Waals surface area contributed by atoms with E-state index in [1.807, 2.05) is 0 Å². The number of amides is 1. The van der Waals surface area contributed by atoms with Crippen LogP contribution in [0.25, 0.3) is 0 Å². The molecule has 0 bridgehead atoms. The molecule has 0 spiro atoms. The lowest BCUT2D eigenvalue weighted by atomic mass is 10.1. The maximum absolute atomic E-state index is 12.1. The van der Waals surface area contributed by atoms with Gasteiger partial charge in [-0.1, -0.05) is 11.6 Å². The van der Waals surface area contributed by atoms with E-state index in [2.05, 4.69) is 5.32 Å². The fourth-order valence-electron chi connectivity index (χ4n) is 1.81. The molecule has 6 nitrogen and oxygen atoms in total. The Bertz CT molecular complexity index is 731. The molecule has 0 saturated carbocycles. The lowest BCUT2D eigenvalue weighted by molar-refractivity contribution is -0.384. The van der Waals surface area contributed by atoms with Gasteiger partial charge in [-0.05, 0) is 36.8 Å². The molecule has 0 radical (unpaired) electrons. The molecule has 0 aliphatic heterocycles. The Labute approximate surface area is 125 Å². The van der Waals surface area contributed by atoms with Crippen molar-refractivity contribution in [2.45, 2.75) is 6.92 Å². The summed E-state index contributed by atoms with van der Waals surface area (Å²) in [5, 5.41) is 23.3. The van der Waals surface area contributed by atoms with Gasteiger partial charge in [0.25, 0.3) is 11.6 Å². The Morgan fingerprint density at radius 1 is 1.29 bits per heavy atom. The summed E-state index contributed by atoms with van der Waals surface area (Å²) >= 11 is 5.82. The van der Waals surface area contributed by atoms with E-state index in [0.29, 0.717) is 16.1 Å². The third kappa shape index (κ3) is 3.29. The number of nitro groups is 1. The van der Waals surface area contributed by atoms with Crippen molar-refractivity contribution >= 4 is 28.9 Å². The van der Waals surface area contributed by atoms with Gasteiger partial charge in [-0.2, -0.15) is 0 Å². The summed E-state index contributed by atoms with van der Waals surface area (Å²) in [5.74, 6) is -0.808. The van der Waals surface area contributed by atoms with Crippen molar-refractivity contribution in [3.8, 4) is 5.75 Å². The van der Waals surface area contributed by atoms with Crippen molar-refractivity contribution in [1.82, 2.24) is 0 Å². The zero-order valence-electron chi connectivity index (χ0n) is 11.0. The Balaban J connectivity index is 2.25. The number of anilines is 1. The number of hydrogen-bond acceptors (Lipinski definition) is 4. The van der Waals surface area contributed by atoms with Crippen molar-refractivity contribution in [3.63, 3.8) is 0 Å². The second kappa shape index (κ2) is 5.80. The van der Waals surface area contributed by atoms with Crippen LogP contribution in [-0.4, -0.2) is 15.9 Å². The molecule has 0 atom stereocenters. The van der Waals surface area contributed by atoms with Gasteiger partial charge >= 0.3 is 0 Å².